The predicted octanol–water partition coefficient (Wildman–Crippen LogP) is 0.832. The van der Waals surface area contributed by atoms with Crippen LogP contribution in [0.25, 0.3) is 0 Å². The Bertz CT molecular complexity index is 622. The summed E-state index contributed by atoms with van der Waals surface area (Å²) in [6, 6.07) is 0. The molecule has 0 spiro atoms. The number of rotatable bonds is 4. The molecule has 0 radical (unpaired) electrons. The molecule has 0 rings (SSSR count). The van der Waals surface area contributed by atoms with Crippen molar-refractivity contribution in [2.75, 3.05) is 6.26 Å². The fourth-order valence-electron chi connectivity index (χ4n) is 0.631. The van der Waals surface area contributed by atoms with Gasteiger partial charge in [-0.05, 0) is 0 Å². The van der Waals surface area contributed by atoms with Gasteiger partial charge < -0.3 is 0 Å². The van der Waals surface area contributed by atoms with Crippen molar-refractivity contribution in [2.45, 2.75) is 14.9 Å². The largest absolute Gasteiger partial charge is 0.499 e. The predicted molar refractivity (Wildman–Crippen MR) is 56.2 cm³/mol. The van der Waals surface area contributed by atoms with Crippen LogP contribution in [0.2, 0.25) is 0 Å². The third kappa shape index (κ3) is 4.14. The molecule has 0 aromatic rings. The maximum Gasteiger partial charge on any atom is 0.499 e. The third-order valence-electron chi connectivity index (χ3n) is 1.41. The van der Waals surface area contributed by atoms with Crippen molar-refractivity contribution < 1.29 is 51.6 Å². The van der Waals surface area contributed by atoms with E-state index in [0.717, 1.165) is 0 Å². The molecule has 0 aromatic carbocycles. The van der Waals surface area contributed by atoms with Crippen molar-refractivity contribution in [3.63, 3.8) is 0 Å². The summed E-state index contributed by atoms with van der Waals surface area (Å²) in [7, 11) is -20.2. The fourth-order valence-corrected chi connectivity index (χ4v) is 10.1. The molecule has 0 aliphatic carbocycles. The van der Waals surface area contributed by atoms with E-state index in [1.807, 2.05) is 0 Å². The quantitative estimate of drug-likeness (QED) is 0.518. The van der Waals surface area contributed by atoms with Crippen molar-refractivity contribution in [3.05, 3.63) is 0 Å². The molecule has 0 heterocycles. The van der Waals surface area contributed by atoms with Crippen LogP contribution in [0.15, 0.2) is 0 Å². The maximum atomic E-state index is 12.1. The molecule has 0 amide bonds. The lowest BCUT2D eigenvalue weighted by Gasteiger charge is -2.19. The number of halogens is 6. The lowest BCUT2D eigenvalue weighted by molar-refractivity contribution is -0.0461. The summed E-state index contributed by atoms with van der Waals surface area (Å²) in [4.78, 5) is 0. The third-order valence-corrected chi connectivity index (χ3v) is 10.2. The lowest BCUT2D eigenvalue weighted by atomic mass is 11.5. The van der Waals surface area contributed by atoms with Gasteiger partial charge in [0.05, 0.1) is 0 Å². The number of alkyl halides is 6. The fraction of sp³-hybridized carbons (Fsp3) is 1.00. The van der Waals surface area contributed by atoms with Gasteiger partial charge in [-0.2, -0.15) is 26.3 Å². The molecule has 0 atom stereocenters. The molecule has 0 aliphatic heterocycles. The van der Waals surface area contributed by atoms with Gasteiger partial charge in [-0.15, -0.1) is 0 Å². The van der Waals surface area contributed by atoms with Crippen LogP contribution >= 0.6 is 10.8 Å². The van der Waals surface area contributed by atoms with E-state index in [0.29, 0.717) is 0 Å². The Kier molecular flexibility index (Phi) is 5.15. The zero-order valence-electron chi connectivity index (χ0n) is 8.93. The van der Waals surface area contributed by atoms with Gasteiger partial charge in [0, 0.05) is 17.0 Å². The van der Waals surface area contributed by atoms with Crippen molar-refractivity contribution in [2.24, 2.45) is 0 Å². The molecule has 0 unspecified atom stereocenters. The lowest BCUT2D eigenvalue weighted by Crippen LogP contribution is -2.43. The van der Waals surface area contributed by atoms with E-state index in [4.69, 9.17) is 0 Å². The monoisotopic (exact) mass is 390 g/mol. The van der Waals surface area contributed by atoms with Gasteiger partial charge in [0.1, 0.15) is 0 Å². The highest BCUT2D eigenvalue weighted by Gasteiger charge is 2.64. The first kappa shape index (κ1) is 19.8. The minimum Gasteiger partial charge on any atom is -0.218 e. The van der Waals surface area contributed by atoms with Crippen LogP contribution in [0.5, 0.6) is 0 Å². The van der Waals surface area contributed by atoms with Crippen LogP contribution in [0, 0.1) is 0 Å². The molecule has 0 fully saturated rings. The first-order chi connectivity index (χ1) is 8.34. The Balaban J connectivity index is 6.34. The van der Waals surface area contributed by atoms with Crippen molar-refractivity contribution in [3.8, 4) is 0 Å². The summed E-state index contributed by atoms with van der Waals surface area (Å²) in [5, 5.41) is 0. The molecule has 122 valence electrons. The van der Waals surface area contributed by atoms with E-state index in [2.05, 4.69) is 0 Å². The molecule has 6 nitrogen and oxygen atoms in total. The first-order valence-electron chi connectivity index (χ1n) is 3.82. The second kappa shape index (κ2) is 5.20. The summed E-state index contributed by atoms with van der Waals surface area (Å²) >= 11 is 0. The molecule has 20 heavy (non-hydrogen) atoms. The Morgan fingerprint density at radius 3 is 1.15 bits per heavy atom. The van der Waals surface area contributed by atoms with Crippen LogP contribution in [-0.4, -0.2) is 46.4 Å². The number of sulfone groups is 2. The van der Waals surface area contributed by atoms with E-state index in [9.17, 15) is 51.6 Å². The Hall–Kier alpha value is -0.220. The van der Waals surface area contributed by atoms with Crippen molar-refractivity contribution in [1.82, 2.24) is 0 Å². The molecule has 0 aromatic heterocycles. The molecular formula is C4H4F6O6S4. The normalized spacial score (nSPS) is 15.6. The molecule has 0 saturated heterocycles. The summed E-state index contributed by atoms with van der Waals surface area (Å²) in [5.74, 6) is 0. The smallest absolute Gasteiger partial charge is 0.218 e. The van der Waals surface area contributed by atoms with Gasteiger partial charge in [-0.3, -0.25) is 0 Å². The zero-order chi connectivity index (χ0) is 16.8. The summed E-state index contributed by atoms with van der Waals surface area (Å²) in [5.41, 5.74) is -12.8. The SMILES string of the molecule is CS(=O)(=O)SC(S(=O)(=O)C(F)(F)F)S(=O)(=O)C(F)(F)F. The van der Waals surface area contributed by atoms with Gasteiger partial charge in [-0.25, -0.2) is 25.3 Å². The minimum absolute atomic E-state index is 0.0580. The summed E-state index contributed by atoms with van der Waals surface area (Å²) in [6.07, 6.45) is 0.0580. The minimum atomic E-state index is -6.94. The Morgan fingerprint density at radius 1 is 0.750 bits per heavy atom. The van der Waals surface area contributed by atoms with Crippen molar-refractivity contribution >= 4 is 39.3 Å². The van der Waals surface area contributed by atoms with Crippen LogP contribution in [-0.2, 0) is 28.5 Å². The zero-order valence-corrected chi connectivity index (χ0v) is 12.2. The molecule has 16 heteroatoms. The van der Waals surface area contributed by atoms with Crippen LogP contribution in [0.4, 0.5) is 26.3 Å². The Labute approximate surface area is 112 Å². The van der Waals surface area contributed by atoms with Crippen LogP contribution in [0.1, 0.15) is 0 Å². The molecule has 0 N–H and O–H groups in total. The average molecular weight is 390 g/mol. The standard InChI is InChI=1S/C4H4F6O6S4/c1-18(11,12)17-2(19(13,14)3(5,6)7)20(15,16)4(8,9)10/h2H,1H3. The van der Waals surface area contributed by atoms with Gasteiger partial charge in [0.25, 0.3) is 19.7 Å². The highest BCUT2D eigenvalue weighted by atomic mass is 33.1. The highest BCUT2D eigenvalue weighted by Crippen LogP contribution is 2.42. The molecular weight excluding hydrogens is 386 g/mol. The number of hydrogen-bond acceptors (Lipinski definition) is 7. The Morgan fingerprint density at radius 2 is 1.00 bits per heavy atom. The highest BCUT2D eigenvalue weighted by molar-refractivity contribution is 8.75. The first-order valence-corrected chi connectivity index (χ1v) is 10.2. The molecule has 0 saturated carbocycles. The number of hydrogen-bond donors (Lipinski definition) is 0. The van der Waals surface area contributed by atoms with Gasteiger partial charge in [-0.1, -0.05) is 0 Å². The van der Waals surface area contributed by atoms with E-state index in [1.54, 1.807) is 0 Å². The average Bonchev–Trinajstić information content (AvgIpc) is 2.08. The second-order valence-corrected chi connectivity index (χ2v) is 12.5. The van der Waals surface area contributed by atoms with E-state index >= 15 is 0 Å². The van der Waals surface area contributed by atoms with E-state index < -0.39 is 54.3 Å². The van der Waals surface area contributed by atoms with Gasteiger partial charge in [0.15, 0.2) is 0 Å². The topological polar surface area (TPSA) is 102 Å². The molecule has 0 bridgehead atoms. The van der Waals surface area contributed by atoms with Gasteiger partial charge in [0.2, 0.25) is 12.8 Å². The van der Waals surface area contributed by atoms with Crippen molar-refractivity contribution in [1.29, 1.82) is 0 Å². The second-order valence-electron chi connectivity index (χ2n) is 3.07. The molecule has 0 aliphatic rings. The maximum absolute atomic E-state index is 12.1. The van der Waals surface area contributed by atoms with E-state index in [1.165, 1.54) is 0 Å². The summed E-state index contributed by atoms with van der Waals surface area (Å²) in [6.45, 7) is 0. The van der Waals surface area contributed by atoms with Crippen LogP contribution in [0.3, 0.4) is 0 Å². The van der Waals surface area contributed by atoms with Crippen LogP contribution < -0.4 is 0 Å². The summed E-state index contributed by atoms with van der Waals surface area (Å²) < 4.78 is 133. The van der Waals surface area contributed by atoms with E-state index in [-0.39, 0.29) is 6.26 Å². The van der Waals surface area contributed by atoms with Gasteiger partial charge >= 0.3 is 11.0 Å².